The van der Waals surface area contributed by atoms with Gasteiger partial charge in [-0.05, 0) is 18.9 Å². The van der Waals surface area contributed by atoms with Gasteiger partial charge in [0.1, 0.15) is 0 Å². The highest BCUT2D eigenvalue weighted by Crippen LogP contribution is 2.16. The lowest BCUT2D eigenvalue weighted by molar-refractivity contribution is -0.138. The first-order chi connectivity index (χ1) is 5.22. The molecule has 0 radical (unpaired) electrons. The molecule has 0 aromatic carbocycles. The zero-order chi connectivity index (χ0) is 8.27. The number of aliphatic carboxylic acids is 1. The molecule has 0 spiro atoms. The zero-order valence-corrected chi connectivity index (χ0v) is 7.05. The van der Waals surface area contributed by atoms with Crippen molar-refractivity contribution in [3.63, 3.8) is 0 Å². The highest BCUT2D eigenvalue weighted by atomic mass is 35.5. The van der Waals surface area contributed by atoms with Crippen molar-refractivity contribution in [2.45, 2.75) is 6.42 Å². The molecule has 0 aliphatic carbocycles. The quantitative estimate of drug-likeness (QED) is 0.643. The molecular formula is C7H12ClNO2. The van der Waals surface area contributed by atoms with Crippen molar-refractivity contribution in [2.75, 3.05) is 25.5 Å². The van der Waals surface area contributed by atoms with Crippen molar-refractivity contribution in [1.82, 2.24) is 4.90 Å². The Morgan fingerprint density at radius 2 is 2.45 bits per heavy atom. The molecule has 1 aliphatic heterocycles. The molecule has 11 heavy (non-hydrogen) atoms. The monoisotopic (exact) mass is 177 g/mol. The third kappa shape index (κ3) is 2.67. The highest BCUT2D eigenvalue weighted by Gasteiger charge is 2.22. The molecule has 0 aromatic heterocycles. The van der Waals surface area contributed by atoms with Crippen LogP contribution in [0.4, 0.5) is 0 Å². The predicted molar refractivity (Wildman–Crippen MR) is 42.9 cm³/mol. The molecule has 0 unspecified atom stereocenters. The minimum Gasteiger partial charge on any atom is -0.480 e. The van der Waals surface area contributed by atoms with Gasteiger partial charge in [0.05, 0.1) is 6.54 Å². The molecule has 3 nitrogen and oxygen atoms in total. The van der Waals surface area contributed by atoms with E-state index >= 15 is 0 Å². The summed E-state index contributed by atoms with van der Waals surface area (Å²) in [6.45, 7) is 1.88. The van der Waals surface area contributed by atoms with Crippen molar-refractivity contribution in [3.05, 3.63) is 0 Å². The van der Waals surface area contributed by atoms with Crippen LogP contribution in [0, 0.1) is 5.92 Å². The zero-order valence-electron chi connectivity index (χ0n) is 6.29. The Bertz CT molecular complexity index is 151. The van der Waals surface area contributed by atoms with E-state index in [4.69, 9.17) is 16.7 Å². The number of nitrogens with zero attached hydrogens (tertiary/aromatic N) is 1. The Morgan fingerprint density at radius 1 is 1.73 bits per heavy atom. The largest absolute Gasteiger partial charge is 0.480 e. The lowest BCUT2D eigenvalue weighted by atomic mass is 10.2. The Kier molecular flexibility index (Phi) is 3.15. The fraction of sp³-hybridized carbons (Fsp3) is 0.857. The normalized spacial score (nSPS) is 25.7. The Hall–Kier alpha value is -0.280. The second kappa shape index (κ2) is 3.93. The van der Waals surface area contributed by atoms with E-state index in [-0.39, 0.29) is 6.54 Å². The number of carboxylic acid groups (broad SMARTS) is 1. The van der Waals surface area contributed by atoms with Crippen LogP contribution in [0.15, 0.2) is 0 Å². The van der Waals surface area contributed by atoms with E-state index in [0.29, 0.717) is 11.8 Å². The average molecular weight is 178 g/mol. The molecule has 0 amide bonds. The van der Waals surface area contributed by atoms with E-state index in [2.05, 4.69) is 0 Å². The number of halogens is 1. The van der Waals surface area contributed by atoms with Gasteiger partial charge in [0.2, 0.25) is 0 Å². The van der Waals surface area contributed by atoms with Gasteiger partial charge in [-0.1, -0.05) is 0 Å². The van der Waals surface area contributed by atoms with Crippen LogP contribution < -0.4 is 0 Å². The molecular weight excluding hydrogens is 166 g/mol. The van der Waals surface area contributed by atoms with Crippen molar-refractivity contribution >= 4 is 17.6 Å². The fourth-order valence-electron chi connectivity index (χ4n) is 1.37. The third-order valence-corrected chi connectivity index (χ3v) is 2.38. The summed E-state index contributed by atoms with van der Waals surface area (Å²) < 4.78 is 0. The summed E-state index contributed by atoms with van der Waals surface area (Å²) in [5.74, 6) is 0.395. The van der Waals surface area contributed by atoms with Gasteiger partial charge in [0.15, 0.2) is 0 Å². The maximum Gasteiger partial charge on any atom is 0.317 e. The standard InChI is InChI=1S/C7H12ClNO2/c8-3-6-1-2-9(4-6)5-7(10)11/h6H,1-5H2,(H,10,11)/t6-/m0/s1. The van der Waals surface area contributed by atoms with Gasteiger partial charge in [-0.15, -0.1) is 11.6 Å². The molecule has 64 valence electrons. The summed E-state index contributed by atoms with van der Waals surface area (Å²) in [5, 5.41) is 8.46. The minimum absolute atomic E-state index is 0.160. The predicted octanol–water partition coefficient (Wildman–Crippen LogP) is 0.632. The first-order valence-corrected chi connectivity index (χ1v) is 4.26. The van der Waals surface area contributed by atoms with E-state index < -0.39 is 5.97 Å². The molecule has 1 N–H and O–H groups in total. The number of alkyl halides is 1. The number of carbonyl (C=O) groups is 1. The topological polar surface area (TPSA) is 40.5 Å². The number of rotatable bonds is 3. The van der Waals surface area contributed by atoms with Gasteiger partial charge < -0.3 is 5.11 Å². The van der Waals surface area contributed by atoms with Gasteiger partial charge >= 0.3 is 5.97 Å². The molecule has 4 heteroatoms. The van der Waals surface area contributed by atoms with Crippen molar-refractivity contribution in [2.24, 2.45) is 5.92 Å². The molecule has 1 heterocycles. The van der Waals surface area contributed by atoms with Crippen LogP contribution in [0.25, 0.3) is 0 Å². The minimum atomic E-state index is -0.750. The van der Waals surface area contributed by atoms with Gasteiger partial charge in [-0.25, -0.2) is 0 Å². The Labute approximate surface area is 70.9 Å². The summed E-state index contributed by atoms with van der Waals surface area (Å²) in [6.07, 6.45) is 1.04. The number of hydrogen-bond acceptors (Lipinski definition) is 2. The van der Waals surface area contributed by atoms with Gasteiger partial charge in [-0.3, -0.25) is 9.69 Å². The second-order valence-corrected chi connectivity index (χ2v) is 3.25. The lowest BCUT2D eigenvalue weighted by Crippen LogP contribution is -2.27. The van der Waals surface area contributed by atoms with Crippen molar-refractivity contribution < 1.29 is 9.90 Å². The van der Waals surface area contributed by atoms with Crippen LogP contribution >= 0.6 is 11.6 Å². The van der Waals surface area contributed by atoms with Crippen LogP contribution in [0.3, 0.4) is 0 Å². The summed E-state index contributed by atoms with van der Waals surface area (Å²) in [5.41, 5.74) is 0. The van der Waals surface area contributed by atoms with Gasteiger partial charge in [0, 0.05) is 12.4 Å². The summed E-state index contributed by atoms with van der Waals surface area (Å²) in [6, 6.07) is 0. The van der Waals surface area contributed by atoms with E-state index in [9.17, 15) is 4.79 Å². The van der Waals surface area contributed by atoms with Gasteiger partial charge in [0.25, 0.3) is 0 Å². The Balaban J connectivity index is 2.24. The third-order valence-electron chi connectivity index (χ3n) is 1.95. The van der Waals surface area contributed by atoms with Crippen LogP contribution in [-0.2, 0) is 4.79 Å². The molecule has 1 fully saturated rings. The summed E-state index contributed by atoms with van der Waals surface area (Å²) in [7, 11) is 0. The first kappa shape index (κ1) is 8.81. The molecule has 1 saturated heterocycles. The smallest absolute Gasteiger partial charge is 0.317 e. The number of carboxylic acids is 1. The SMILES string of the molecule is O=C(O)CN1CC[C@@H](CCl)C1. The number of likely N-dealkylation sites (tertiary alicyclic amines) is 1. The maximum atomic E-state index is 10.3. The molecule has 1 rings (SSSR count). The van der Waals surface area contributed by atoms with Gasteiger partial charge in [-0.2, -0.15) is 0 Å². The second-order valence-electron chi connectivity index (χ2n) is 2.94. The highest BCUT2D eigenvalue weighted by molar-refractivity contribution is 6.18. The summed E-state index contributed by atoms with van der Waals surface area (Å²) >= 11 is 5.64. The van der Waals surface area contributed by atoms with Crippen molar-refractivity contribution in [1.29, 1.82) is 0 Å². The van der Waals surface area contributed by atoms with Crippen LogP contribution in [0.2, 0.25) is 0 Å². The molecule has 1 atom stereocenters. The average Bonchev–Trinajstić information content (AvgIpc) is 2.34. The van der Waals surface area contributed by atoms with E-state index in [1.54, 1.807) is 0 Å². The van der Waals surface area contributed by atoms with Crippen LogP contribution in [0.5, 0.6) is 0 Å². The van der Waals surface area contributed by atoms with E-state index in [0.717, 1.165) is 19.5 Å². The molecule has 0 bridgehead atoms. The molecule has 0 saturated carbocycles. The summed E-state index contributed by atoms with van der Waals surface area (Å²) in [4.78, 5) is 12.2. The van der Waals surface area contributed by atoms with E-state index in [1.807, 2.05) is 4.90 Å². The van der Waals surface area contributed by atoms with Crippen molar-refractivity contribution in [3.8, 4) is 0 Å². The molecule has 0 aromatic rings. The first-order valence-electron chi connectivity index (χ1n) is 3.72. The van der Waals surface area contributed by atoms with Crippen LogP contribution in [-0.4, -0.2) is 41.5 Å². The van der Waals surface area contributed by atoms with Crippen LogP contribution in [0.1, 0.15) is 6.42 Å². The maximum absolute atomic E-state index is 10.3. The fourth-order valence-corrected chi connectivity index (χ4v) is 1.63. The molecule has 1 aliphatic rings. The lowest BCUT2D eigenvalue weighted by Gasteiger charge is -2.11. The number of hydrogen-bond donors (Lipinski definition) is 1. The Morgan fingerprint density at radius 3 is 2.91 bits per heavy atom. The van der Waals surface area contributed by atoms with E-state index in [1.165, 1.54) is 0 Å².